The van der Waals surface area contributed by atoms with E-state index < -0.39 is 11.0 Å². The van der Waals surface area contributed by atoms with Gasteiger partial charge in [-0.15, -0.1) is 0 Å². The molecule has 0 spiro atoms. The predicted octanol–water partition coefficient (Wildman–Crippen LogP) is 2.25. The van der Waals surface area contributed by atoms with Crippen LogP contribution in [0.25, 0.3) is 0 Å². The Morgan fingerprint density at radius 3 is 2.77 bits per heavy atom. The minimum Gasteiger partial charge on any atom is -0.872 e. The zero-order chi connectivity index (χ0) is 15.7. The lowest BCUT2D eigenvalue weighted by Gasteiger charge is -2.13. The second-order valence-corrected chi connectivity index (χ2v) is 4.90. The fourth-order valence-corrected chi connectivity index (χ4v) is 2.40. The van der Waals surface area contributed by atoms with Crippen LogP contribution in [0.5, 0.6) is 5.75 Å². The van der Waals surface area contributed by atoms with Gasteiger partial charge in [0.25, 0.3) is 5.69 Å². The third-order valence-corrected chi connectivity index (χ3v) is 3.52. The number of halogens is 1. The molecule has 0 saturated heterocycles. The lowest BCUT2D eigenvalue weighted by molar-refractivity contribution is -0.385. The van der Waals surface area contributed by atoms with Crippen molar-refractivity contribution in [3.63, 3.8) is 0 Å². The third-order valence-electron chi connectivity index (χ3n) is 3.52. The summed E-state index contributed by atoms with van der Waals surface area (Å²) in [5.41, 5.74) is 3.60. The lowest BCUT2D eigenvalue weighted by atomic mass is 9.98. The van der Waals surface area contributed by atoms with Crippen LogP contribution in [0.3, 0.4) is 0 Å². The molecular formula is C15H11FN3O3-. The van der Waals surface area contributed by atoms with E-state index >= 15 is 0 Å². The van der Waals surface area contributed by atoms with Gasteiger partial charge in [-0.25, -0.2) is 4.39 Å². The van der Waals surface area contributed by atoms with Gasteiger partial charge in [-0.2, -0.15) is 5.10 Å². The van der Waals surface area contributed by atoms with E-state index in [4.69, 9.17) is 0 Å². The molecule has 6 nitrogen and oxygen atoms in total. The van der Waals surface area contributed by atoms with Crippen molar-refractivity contribution >= 4 is 11.4 Å². The van der Waals surface area contributed by atoms with Crippen LogP contribution < -0.4 is 10.5 Å². The van der Waals surface area contributed by atoms with E-state index in [-0.39, 0.29) is 29.2 Å². The van der Waals surface area contributed by atoms with Gasteiger partial charge >= 0.3 is 0 Å². The van der Waals surface area contributed by atoms with Crippen LogP contribution in [0.1, 0.15) is 23.6 Å². The Labute approximate surface area is 125 Å². The molecule has 7 heteroatoms. The first-order chi connectivity index (χ1) is 10.6. The summed E-state index contributed by atoms with van der Waals surface area (Å²) in [5.74, 6) is -0.710. The Bertz CT molecular complexity index is 776. The number of benzene rings is 2. The molecule has 112 valence electrons. The van der Waals surface area contributed by atoms with Gasteiger partial charge in [-0.3, -0.25) is 10.1 Å². The number of hydrogen-bond donors (Lipinski definition) is 1. The Morgan fingerprint density at radius 1 is 1.27 bits per heavy atom. The SMILES string of the molecule is O=[N+]([O-])c1ccc([O-])c(C2=NN[C@@H](c3ccccc3F)C2)c1. The van der Waals surface area contributed by atoms with E-state index in [1.54, 1.807) is 18.2 Å². The molecule has 22 heavy (non-hydrogen) atoms. The zero-order valence-electron chi connectivity index (χ0n) is 11.3. The molecule has 1 aliphatic rings. The number of hydrazone groups is 1. The molecule has 0 bridgehead atoms. The first-order valence-electron chi connectivity index (χ1n) is 6.58. The molecule has 1 heterocycles. The summed E-state index contributed by atoms with van der Waals surface area (Å²) in [6.45, 7) is 0. The molecule has 0 saturated carbocycles. The highest BCUT2D eigenvalue weighted by molar-refractivity contribution is 6.04. The average molecular weight is 300 g/mol. The van der Waals surface area contributed by atoms with Crippen molar-refractivity contribution in [2.24, 2.45) is 5.10 Å². The van der Waals surface area contributed by atoms with Crippen LogP contribution in [0, 0.1) is 15.9 Å². The highest BCUT2D eigenvalue weighted by Gasteiger charge is 2.24. The van der Waals surface area contributed by atoms with Gasteiger partial charge in [-0.1, -0.05) is 30.0 Å². The van der Waals surface area contributed by atoms with Gasteiger partial charge in [0, 0.05) is 24.1 Å². The third kappa shape index (κ3) is 2.48. The van der Waals surface area contributed by atoms with Gasteiger partial charge < -0.3 is 10.5 Å². The topological polar surface area (TPSA) is 90.6 Å². The summed E-state index contributed by atoms with van der Waals surface area (Å²) in [5, 5.41) is 26.7. The normalized spacial score (nSPS) is 17.0. The fourth-order valence-electron chi connectivity index (χ4n) is 2.40. The zero-order valence-corrected chi connectivity index (χ0v) is 11.3. The standard InChI is InChI=1S/C15H12FN3O3/c16-12-4-2-1-3-10(12)13-8-14(18-17-13)11-7-9(19(21)22)5-6-15(11)20/h1-7,13,17,20H,8H2/p-1/t13-/m1/s1. The highest BCUT2D eigenvalue weighted by atomic mass is 19.1. The Balaban J connectivity index is 1.88. The number of nitrogens with zero attached hydrogens (tertiary/aromatic N) is 2. The maximum absolute atomic E-state index is 13.8. The molecule has 0 amide bonds. The summed E-state index contributed by atoms with van der Waals surface area (Å²) >= 11 is 0. The predicted molar refractivity (Wildman–Crippen MR) is 76.0 cm³/mol. The number of rotatable bonds is 3. The van der Waals surface area contributed by atoms with E-state index in [0.29, 0.717) is 11.3 Å². The molecule has 1 aliphatic heterocycles. The number of non-ortho nitro benzene ring substituents is 1. The van der Waals surface area contributed by atoms with E-state index in [1.165, 1.54) is 12.1 Å². The molecule has 0 aliphatic carbocycles. The van der Waals surface area contributed by atoms with Crippen molar-refractivity contribution in [2.45, 2.75) is 12.5 Å². The van der Waals surface area contributed by atoms with Crippen molar-refractivity contribution < 1.29 is 14.4 Å². The van der Waals surface area contributed by atoms with Crippen LogP contribution in [-0.2, 0) is 0 Å². The minimum absolute atomic E-state index is 0.167. The Morgan fingerprint density at radius 2 is 2.05 bits per heavy atom. The number of nitro benzene ring substituents is 1. The molecule has 0 fully saturated rings. The number of nitrogens with one attached hydrogen (secondary N) is 1. The molecule has 1 atom stereocenters. The summed E-state index contributed by atoms with van der Waals surface area (Å²) in [4.78, 5) is 10.2. The lowest BCUT2D eigenvalue weighted by Crippen LogP contribution is -2.12. The van der Waals surface area contributed by atoms with Crippen LogP contribution >= 0.6 is 0 Å². The fraction of sp³-hybridized carbons (Fsp3) is 0.133. The monoisotopic (exact) mass is 300 g/mol. The number of hydrogen-bond acceptors (Lipinski definition) is 5. The maximum Gasteiger partial charge on any atom is 0.270 e. The molecular weight excluding hydrogens is 289 g/mol. The van der Waals surface area contributed by atoms with Crippen LogP contribution in [0.2, 0.25) is 0 Å². The van der Waals surface area contributed by atoms with Crippen molar-refractivity contribution in [1.29, 1.82) is 0 Å². The molecule has 0 aromatic heterocycles. The van der Waals surface area contributed by atoms with Gasteiger partial charge in [0.05, 0.1) is 16.7 Å². The minimum atomic E-state index is -0.569. The van der Waals surface area contributed by atoms with E-state index in [1.807, 2.05) is 0 Å². The van der Waals surface area contributed by atoms with Crippen molar-refractivity contribution in [2.75, 3.05) is 0 Å². The molecule has 3 rings (SSSR count). The van der Waals surface area contributed by atoms with Gasteiger partial charge in [0.2, 0.25) is 0 Å². The summed E-state index contributed by atoms with van der Waals surface area (Å²) in [7, 11) is 0. The average Bonchev–Trinajstić information content (AvgIpc) is 2.97. The van der Waals surface area contributed by atoms with Crippen molar-refractivity contribution in [3.8, 4) is 5.75 Å². The van der Waals surface area contributed by atoms with E-state index in [2.05, 4.69) is 10.5 Å². The van der Waals surface area contributed by atoms with Gasteiger partial charge in [-0.05, 0) is 11.6 Å². The van der Waals surface area contributed by atoms with Crippen molar-refractivity contribution in [1.82, 2.24) is 5.43 Å². The number of nitro groups is 1. The first-order valence-corrected chi connectivity index (χ1v) is 6.58. The van der Waals surface area contributed by atoms with Crippen LogP contribution in [0.4, 0.5) is 10.1 Å². The summed E-state index contributed by atoms with van der Waals surface area (Å²) in [6.07, 6.45) is 0.289. The van der Waals surface area contributed by atoms with E-state index in [9.17, 15) is 19.6 Å². The molecule has 1 N–H and O–H groups in total. The van der Waals surface area contributed by atoms with Gasteiger partial charge in [0.1, 0.15) is 5.82 Å². The quantitative estimate of drug-likeness (QED) is 0.695. The molecule has 2 aromatic rings. The summed E-state index contributed by atoms with van der Waals surface area (Å²) in [6, 6.07) is 9.39. The molecule has 2 aromatic carbocycles. The molecule has 0 radical (unpaired) electrons. The largest absolute Gasteiger partial charge is 0.872 e. The Hall–Kier alpha value is -2.96. The first kappa shape index (κ1) is 14.0. The highest BCUT2D eigenvalue weighted by Crippen LogP contribution is 2.30. The maximum atomic E-state index is 13.8. The second kappa shape index (κ2) is 5.44. The van der Waals surface area contributed by atoms with Gasteiger partial charge in [0.15, 0.2) is 0 Å². The van der Waals surface area contributed by atoms with Crippen LogP contribution in [0.15, 0.2) is 47.6 Å². The second-order valence-electron chi connectivity index (χ2n) is 4.90. The van der Waals surface area contributed by atoms with E-state index in [0.717, 1.165) is 12.1 Å². The Kier molecular flexibility index (Phi) is 3.46. The van der Waals surface area contributed by atoms with Crippen molar-refractivity contribution in [3.05, 3.63) is 69.5 Å². The molecule has 0 unspecified atom stereocenters. The van der Waals surface area contributed by atoms with Crippen LogP contribution in [-0.4, -0.2) is 10.6 Å². The smallest absolute Gasteiger partial charge is 0.270 e. The summed E-state index contributed by atoms with van der Waals surface area (Å²) < 4.78 is 13.8.